The molecule has 1 N–H and O–H groups in total. The van der Waals surface area contributed by atoms with Crippen molar-refractivity contribution in [1.82, 2.24) is 0 Å². The molecule has 0 bridgehead atoms. The maximum atomic E-state index is 13.7. The standard InChI is InChI=1S/C20H17FO2S/c1-20(2)9-10-24-18-8-6-13(11-16(18)20)3-4-14-5-7-15(19(22)23)17(21)12-14/h5-8,11-12H,9-10H2,1-2H3,(H,22,23). The molecular weight excluding hydrogens is 323 g/mol. The first kappa shape index (κ1) is 16.6. The van der Waals surface area contributed by atoms with E-state index >= 15 is 0 Å². The lowest BCUT2D eigenvalue weighted by atomic mass is 9.81. The molecule has 0 aromatic heterocycles. The van der Waals surface area contributed by atoms with Crippen LogP contribution in [0.3, 0.4) is 0 Å². The smallest absolute Gasteiger partial charge is 0.338 e. The lowest BCUT2D eigenvalue weighted by Crippen LogP contribution is -2.22. The fraction of sp³-hybridized carbons (Fsp3) is 0.250. The number of carboxylic acid groups (broad SMARTS) is 1. The molecule has 1 heterocycles. The number of aromatic carboxylic acids is 1. The van der Waals surface area contributed by atoms with E-state index in [1.165, 1.54) is 22.6 Å². The van der Waals surface area contributed by atoms with Gasteiger partial charge in [0.1, 0.15) is 5.82 Å². The Morgan fingerprint density at radius 1 is 1.17 bits per heavy atom. The fourth-order valence-corrected chi connectivity index (χ4v) is 4.21. The van der Waals surface area contributed by atoms with Crippen molar-refractivity contribution in [2.75, 3.05) is 5.75 Å². The summed E-state index contributed by atoms with van der Waals surface area (Å²) in [5.74, 6) is 5.05. The number of halogens is 1. The molecule has 4 heteroatoms. The van der Waals surface area contributed by atoms with Gasteiger partial charge < -0.3 is 5.11 Å². The lowest BCUT2D eigenvalue weighted by molar-refractivity contribution is 0.0692. The van der Waals surface area contributed by atoms with Gasteiger partial charge in [-0.3, -0.25) is 0 Å². The van der Waals surface area contributed by atoms with E-state index in [0.717, 1.165) is 23.8 Å². The summed E-state index contributed by atoms with van der Waals surface area (Å²) < 4.78 is 13.7. The number of thioether (sulfide) groups is 1. The zero-order valence-corrected chi connectivity index (χ0v) is 14.3. The highest BCUT2D eigenvalue weighted by molar-refractivity contribution is 7.99. The Balaban J connectivity index is 1.92. The second-order valence-corrected chi connectivity index (χ2v) is 7.58. The van der Waals surface area contributed by atoms with Gasteiger partial charge in [-0.25, -0.2) is 9.18 Å². The fourth-order valence-electron chi connectivity index (χ4n) is 2.72. The van der Waals surface area contributed by atoms with Crippen molar-refractivity contribution in [1.29, 1.82) is 0 Å². The van der Waals surface area contributed by atoms with E-state index in [1.54, 1.807) is 0 Å². The molecule has 3 rings (SSSR count). The zero-order chi connectivity index (χ0) is 17.3. The minimum absolute atomic E-state index is 0.132. The van der Waals surface area contributed by atoms with E-state index in [0.29, 0.717) is 5.56 Å². The van der Waals surface area contributed by atoms with Crippen molar-refractivity contribution in [2.24, 2.45) is 0 Å². The predicted molar refractivity (Wildman–Crippen MR) is 94.1 cm³/mol. The van der Waals surface area contributed by atoms with E-state index in [9.17, 15) is 9.18 Å². The Morgan fingerprint density at radius 2 is 1.83 bits per heavy atom. The molecule has 0 spiro atoms. The molecule has 0 unspecified atom stereocenters. The number of rotatable bonds is 1. The highest BCUT2D eigenvalue weighted by Crippen LogP contribution is 2.41. The molecule has 0 atom stereocenters. The molecule has 2 aromatic carbocycles. The zero-order valence-electron chi connectivity index (χ0n) is 13.5. The Labute approximate surface area is 145 Å². The van der Waals surface area contributed by atoms with Gasteiger partial charge in [0.2, 0.25) is 0 Å². The largest absolute Gasteiger partial charge is 0.478 e. The summed E-state index contributed by atoms with van der Waals surface area (Å²) in [4.78, 5) is 12.1. The van der Waals surface area contributed by atoms with Crippen LogP contribution in [0.5, 0.6) is 0 Å². The minimum Gasteiger partial charge on any atom is -0.478 e. The first-order chi connectivity index (χ1) is 11.4. The summed E-state index contributed by atoms with van der Waals surface area (Å²) in [5.41, 5.74) is 2.44. The van der Waals surface area contributed by atoms with Crippen LogP contribution in [-0.2, 0) is 5.41 Å². The van der Waals surface area contributed by atoms with E-state index in [4.69, 9.17) is 5.11 Å². The maximum absolute atomic E-state index is 13.7. The van der Waals surface area contributed by atoms with Crippen molar-refractivity contribution in [3.63, 3.8) is 0 Å². The van der Waals surface area contributed by atoms with Gasteiger partial charge in [-0.05, 0) is 59.6 Å². The van der Waals surface area contributed by atoms with E-state index < -0.39 is 11.8 Å². The highest BCUT2D eigenvalue weighted by Gasteiger charge is 2.27. The first-order valence-electron chi connectivity index (χ1n) is 7.69. The molecule has 0 saturated heterocycles. The summed E-state index contributed by atoms with van der Waals surface area (Å²) in [5, 5.41) is 8.85. The van der Waals surface area contributed by atoms with Gasteiger partial charge in [-0.15, -0.1) is 11.8 Å². The van der Waals surface area contributed by atoms with Crippen molar-refractivity contribution in [3.8, 4) is 11.8 Å². The lowest BCUT2D eigenvalue weighted by Gasteiger charge is -2.32. The topological polar surface area (TPSA) is 37.3 Å². The van der Waals surface area contributed by atoms with Gasteiger partial charge in [0.05, 0.1) is 5.56 Å². The first-order valence-corrected chi connectivity index (χ1v) is 8.67. The summed E-state index contributed by atoms with van der Waals surface area (Å²) in [6, 6.07) is 10.1. The maximum Gasteiger partial charge on any atom is 0.338 e. The second-order valence-electron chi connectivity index (χ2n) is 6.44. The molecule has 2 aromatic rings. The Kier molecular flexibility index (Phi) is 4.38. The average Bonchev–Trinajstić information content (AvgIpc) is 2.52. The van der Waals surface area contributed by atoms with Crippen LogP contribution in [-0.4, -0.2) is 16.8 Å². The molecule has 0 fully saturated rings. The van der Waals surface area contributed by atoms with Crippen LogP contribution >= 0.6 is 11.8 Å². The number of benzene rings is 2. The third-order valence-corrected chi connectivity index (χ3v) is 5.32. The summed E-state index contributed by atoms with van der Waals surface area (Å²) in [7, 11) is 0. The highest BCUT2D eigenvalue weighted by atomic mass is 32.2. The molecule has 0 amide bonds. The van der Waals surface area contributed by atoms with Crippen LogP contribution in [0.4, 0.5) is 4.39 Å². The number of hydrogen-bond donors (Lipinski definition) is 1. The number of hydrogen-bond acceptors (Lipinski definition) is 2. The van der Waals surface area contributed by atoms with Gasteiger partial charge in [0.15, 0.2) is 0 Å². The quantitative estimate of drug-likeness (QED) is 0.765. The molecular formula is C20H17FO2S. The van der Waals surface area contributed by atoms with Gasteiger partial charge in [0, 0.05) is 16.0 Å². The van der Waals surface area contributed by atoms with Gasteiger partial charge in [0.25, 0.3) is 0 Å². The third-order valence-electron chi connectivity index (χ3n) is 4.24. The van der Waals surface area contributed by atoms with Gasteiger partial charge in [-0.1, -0.05) is 25.7 Å². The van der Waals surface area contributed by atoms with E-state index in [-0.39, 0.29) is 11.0 Å². The minimum atomic E-state index is -1.28. The van der Waals surface area contributed by atoms with Crippen LogP contribution in [0.15, 0.2) is 41.3 Å². The Bertz CT molecular complexity index is 875. The number of fused-ring (bicyclic) bond motifs is 1. The molecule has 2 nitrogen and oxygen atoms in total. The molecule has 122 valence electrons. The average molecular weight is 340 g/mol. The van der Waals surface area contributed by atoms with Crippen LogP contribution in [0.2, 0.25) is 0 Å². The van der Waals surface area contributed by atoms with Crippen LogP contribution in [0.1, 0.15) is 47.3 Å². The second kappa shape index (κ2) is 6.33. The van der Waals surface area contributed by atoms with Gasteiger partial charge in [-0.2, -0.15) is 0 Å². The van der Waals surface area contributed by atoms with Crippen LogP contribution in [0, 0.1) is 17.7 Å². The molecule has 1 aliphatic rings. The Morgan fingerprint density at radius 3 is 2.50 bits per heavy atom. The van der Waals surface area contributed by atoms with Crippen LogP contribution < -0.4 is 0 Å². The Hall–Kier alpha value is -2.25. The normalized spacial score (nSPS) is 15.1. The molecule has 0 aliphatic carbocycles. The molecule has 24 heavy (non-hydrogen) atoms. The molecule has 0 radical (unpaired) electrons. The molecule has 1 aliphatic heterocycles. The van der Waals surface area contributed by atoms with Crippen molar-refractivity contribution in [3.05, 3.63) is 64.5 Å². The van der Waals surface area contributed by atoms with E-state index in [2.05, 4.69) is 37.8 Å². The van der Waals surface area contributed by atoms with Crippen LogP contribution in [0.25, 0.3) is 0 Å². The van der Waals surface area contributed by atoms with E-state index in [1.807, 2.05) is 17.8 Å². The summed E-state index contributed by atoms with van der Waals surface area (Å²) in [6.07, 6.45) is 1.13. The predicted octanol–water partition coefficient (Wildman–Crippen LogP) is 4.70. The molecule has 0 saturated carbocycles. The van der Waals surface area contributed by atoms with Gasteiger partial charge >= 0.3 is 5.97 Å². The van der Waals surface area contributed by atoms with Crippen molar-refractivity contribution in [2.45, 2.75) is 30.6 Å². The third kappa shape index (κ3) is 3.32. The van der Waals surface area contributed by atoms with Crippen molar-refractivity contribution < 1.29 is 14.3 Å². The monoisotopic (exact) mass is 340 g/mol. The number of carboxylic acids is 1. The summed E-state index contributed by atoms with van der Waals surface area (Å²) >= 11 is 1.87. The SMILES string of the molecule is CC1(C)CCSc2ccc(C#Cc3ccc(C(=O)O)c(F)c3)cc21. The number of carbonyl (C=O) groups is 1. The van der Waals surface area contributed by atoms with Crippen molar-refractivity contribution >= 4 is 17.7 Å². The summed E-state index contributed by atoms with van der Waals surface area (Å²) in [6.45, 7) is 4.48.